The Morgan fingerprint density at radius 3 is 1.31 bits per heavy atom. The van der Waals surface area contributed by atoms with Crippen molar-refractivity contribution in [2.24, 2.45) is 0 Å². The standard InChI is InChI=1S/C34H36N2/c1-3-13-27(14-4-1)25-35-33(23-11-19-29-17-7-9-21-31(29)33)34(36-26-28-15-5-2-6-16-28)24-12-20-30-18-8-10-22-32(30)34/h1-10,13-18,21-22,35-36H,11-12,19-20,23-26H2/t33-,34-/m1/s1. The van der Waals surface area contributed by atoms with E-state index >= 15 is 0 Å². The lowest BCUT2D eigenvalue weighted by atomic mass is 9.58. The highest BCUT2D eigenvalue weighted by atomic mass is 15.1. The van der Waals surface area contributed by atoms with Gasteiger partial charge in [-0.15, -0.1) is 0 Å². The normalized spacial score (nSPS) is 23.0. The topological polar surface area (TPSA) is 24.1 Å². The van der Waals surface area contributed by atoms with Crippen LogP contribution >= 0.6 is 0 Å². The van der Waals surface area contributed by atoms with Gasteiger partial charge in [-0.25, -0.2) is 0 Å². The van der Waals surface area contributed by atoms with Crippen LogP contribution in [0.4, 0.5) is 0 Å². The third-order valence-electron chi connectivity index (χ3n) is 8.55. The molecule has 36 heavy (non-hydrogen) atoms. The van der Waals surface area contributed by atoms with Gasteiger partial charge in [-0.05, 0) is 71.9 Å². The number of hydrogen-bond acceptors (Lipinski definition) is 2. The lowest BCUT2D eigenvalue weighted by molar-refractivity contribution is 0.0771. The molecule has 0 fully saturated rings. The number of benzene rings is 4. The zero-order valence-corrected chi connectivity index (χ0v) is 21.0. The first-order chi connectivity index (χ1) is 17.8. The Morgan fingerprint density at radius 2 is 0.861 bits per heavy atom. The highest BCUT2D eigenvalue weighted by Gasteiger charge is 2.55. The summed E-state index contributed by atoms with van der Waals surface area (Å²) in [5.74, 6) is 0. The lowest BCUT2D eigenvalue weighted by Crippen LogP contribution is -2.66. The van der Waals surface area contributed by atoms with Crippen molar-refractivity contribution >= 4 is 0 Å². The van der Waals surface area contributed by atoms with Crippen molar-refractivity contribution in [1.29, 1.82) is 0 Å². The Balaban J connectivity index is 1.53. The van der Waals surface area contributed by atoms with Crippen LogP contribution < -0.4 is 10.6 Å². The van der Waals surface area contributed by atoms with Crippen LogP contribution in [-0.4, -0.2) is 0 Å². The minimum absolute atomic E-state index is 0.205. The average Bonchev–Trinajstić information content (AvgIpc) is 2.96. The molecule has 0 unspecified atom stereocenters. The quantitative estimate of drug-likeness (QED) is 0.302. The monoisotopic (exact) mass is 472 g/mol. The van der Waals surface area contributed by atoms with Crippen LogP contribution in [0.5, 0.6) is 0 Å². The number of nitrogens with one attached hydrogen (secondary N) is 2. The van der Waals surface area contributed by atoms with E-state index in [4.69, 9.17) is 0 Å². The first-order valence-electron chi connectivity index (χ1n) is 13.6. The fourth-order valence-corrected chi connectivity index (χ4v) is 6.92. The Morgan fingerprint density at radius 1 is 0.472 bits per heavy atom. The van der Waals surface area contributed by atoms with Gasteiger partial charge in [0, 0.05) is 13.1 Å². The molecule has 0 amide bonds. The molecule has 0 radical (unpaired) electrons. The van der Waals surface area contributed by atoms with E-state index in [0.29, 0.717) is 0 Å². The van der Waals surface area contributed by atoms with Gasteiger partial charge in [0.2, 0.25) is 0 Å². The zero-order valence-electron chi connectivity index (χ0n) is 21.0. The fraction of sp³-hybridized carbons (Fsp3) is 0.294. The molecule has 2 heteroatoms. The van der Waals surface area contributed by atoms with Crippen LogP contribution in [0.1, 0.15) is 59.1 Å². The van der Waals surface area contributed by atoms with Crippen molar-refractivity contribution in [3.8, 4) is 0 Å². The maximum absolute atomic E-state index is 4.23. The van der Waals surface area contributed by atoms with Gasteiger partial charge >= 0.3 is 0 Å². The van der Waals surface area contributed by atoms with Crippen molar-refractivity contribution in [3.63, 3.8) is 0 Å². The second kappa shape index (κ2) is 10.0. The van der Waals surface area contributed by atoms with Gasteiger partial charge < -0.3 is 10.6 Å². The minimum Gasteiger partial charge on any atom is -0.301 e. The van der Waals surface area contributed by atoms with Crippen LogP contribution in [-0.2, 0) is 37.0 Å². The molecule has 2 atom stereocenters. The van der Waals surface area contributed by atoms with Gasteiger partial charge in [-0.3, -0.25) is 0 Å². The molecule has 0 aromatic heterocycles. The van der Waals surface area contributed by atoms with Crippen molar-refractivity contribution < 1.29 is 0 Å². The second-order valence-electron chi connectivity index (χ2n) is 10.5. The zero-order chi connectivity index (χ0) is 24.3. The van der Waals surface area contributed by atoms with Crippen molar-refractivity contribution in [2.45, 2.75) is 62.7 Å². The highest BCUT2D eigenvalue weighted by molar-refractivity contribution is 5.47. The molecule has 0 aliphatic heterocycles. The predicted octanol–water partition coefficient (Wildman–Crippen LogP) is 7.03. The van der Waals surface area contributed by atoms with Crippen molar-refractivity contribution in [1.82, 2.24) is 10.6 Å². The van der Waals surface area contributed by atoms with E-state index in [-0.39, 0.29) is 11.1 Å². The van der Waals surface area contributed by atoms with Gasteiger partial charge in [-0.1, -0.05) is 109 Å². The van der Waals surface area contributed by atoms with Crippen LogP contribution in [0.3, 0.4) is 0 Å². The SMILES string of the molecule is c1ccc(CN[C@]2([C@@]3(NCc4ccccc4)CCCc4ccccc43)CCCc3ccccc32)cc1. The van der Waals surface area contributed by atoms with E-state index in [2.05, 4.69) is 120 Å². The van der Waals surface area contributed by atoms with E-state index in [9.17, 15) is 0 Å². The summed E-state index contributed by atoms with van der Waals surface area (Å²) in [7, 11) is 0. The molecule has 0 spiro atoms. The third-order valence-corrected chi connectivity index (χ3v) is 8.55. The minimum atomic E-state index is -0.205. The predicted molar refractivity (Wildman–Crippen MR) is 149 cm³/mol. The third kappa shape index (κ3) is 4.09. The maximum atomic E-state index is 4.23. The summed E-state index contributed by atoms with van der Waals surface area (Å²) in [5, 5.41) is 8.47. The molecule has 4 aromatic carbocycles. The molecular formula is C34H36N2. The summed E-state index contributed by atoms with van der Waals surface area (Å²) in [6.07, 6.45) is 6.92. The van der Waals surface area contributed by atoms with Gasteiger partial charge in [0.1, 0.15) is 0 Å². The highest BCUT2D eigenvalue weighted by Crippen LogP contribution is 2.53. The van der Waals surface area contributed by atoms with Crippen LogP contribution in [0.25, 0.3) is 0 Å². The molecule has 0 saturated heterocycles. The van der Waals surface area contributed by atoms with Crippen molar-refractivity contribution in [2.75, 3.05) is 0 Å². The number of aryl methyl sites for hydroxylation is 2. The Hall–Kier alpha value is -3.20. The Kier molecular flexibility index (Phi) is 6.48. The summed E-state index contributed by atoms with van der Waals surface area (Å²) in [6.45, 7) is 1.71. The molecule has 0 bridgehead atoms. The van der Waals surface area contributed by atoms with Crippen molar-refractivity contribution in [3.05, 3.63) is 143 Å². The van der Waals surface area contributed by atoms with E-state index in [1.54, 1.807) is 0 Å². The second-order valence-corrected chi connectivity index (χ2v) is 10.5. The lowest BCUT2D eigenvalue weighted by Gasteiger charge is -2.57. The van der Waals surface area contributed by atoms with Gasteiger partial charge in [0.05, 0.1) is 11.1 Å². The molecular weight excluding hydrogens is 436 g/mol. The van der Waals surface area contributed by atoms with Gasteiger partial charge in [0.25, 0.3) is 0 Å². The summed E-state index contributed by atoms with van der Waals surface area (Å²) in [4.78, 5) is 0. The van der Waals surface area contributed by atoms with E-state index in [1.807, 2.05) is 0 Å². The summed E-state index contributed by atoms with van der Waals surface area (Å²) >= 11 is 0. The summed E-state index contributed by atoms with van der Waals surface area (Å²) in [6, 6.07) is 40.2. The first-order valence-corrected chi connectivity index (χ1v) is 13.6. The molecule has 2 N–H and O–H groups in total. The number of hydrogen-bond donors (Lipinski definition) is 2. The maximum Gasteiger partial charge on any atom is 0.0667 e. The van der Waals surface area contributed by atoms with Crippen LogP contribution in [0, 0.1) is 0 Å². The van der Waals surface area contributed by atoms with E-state index in [1.165, 1.54) is 46.2 Å². The van der Waals surface area contributed by atoms with Crippen LogP contribution in [0.2, 0.25) is 0 Å². The molecule has 0 saturated carbocycles. The number of fused-ring (bicyclic) bond motifs is 2. The molecule has 182 valence electrons. The summed E-state index contributed by atoms with van der Waals surface area (Å²) < 4.78 is 0. The molecule has 2 aliphatic rings. The number of rotatable bonds is 7. The molecule has 2 aliphatic carbocycles. The molecule has 2 nitrogen and oxygen atoms in total. The smallest absolute Gasteiger partial charge is 0.0667 e. The molecule has 0 heterocycles. The Labute approximate surface area is 215 Å². The largest absolute Gasteiger partial charge is 0.301 e. The molecule has 6 rings (SSSR count). The summed E-state index contributed by atoms with van der Waals surface area (Å²) in [5.41, 5.74) is 8.20. The first kappa shape index (κ1) is 23.2. The average molecular weight is 473 g/mol. The fourth-order valence-electron chi connectivity index (χ4n) is 6.92. The van der Waals surface area contributed by atoms with Gasteiger partial charge in [0.15, 0.2) is 0 Å². The molecule has 4 aromatic rings. The van der Waals surface area contributed by atoms with E-state index < -0.39 is 0 Å². The van der Waals surface area contributed by atoms with Gasteiger partial charge in [-0.2, -0.15) is 0 Å². The van der Waals surface area contributed by atoms with Crippen LogP contribution in [0.15, 0.2) is 109 Å². The Bertz CT molecular complexity index is 1200. The van der Waals surface area contributed by atoms with E-state index in [0.717, 1.165) is 38.8 Å².